The van der Waals surface area contributed by atoms with E-state index in [1.54, 1.807) is 30.5 Å². The Morgan fingerprint density at radius 1 is 0.970 bits per heavy atom. The molecule has 2 aromatic carbocycles. The molecule has 6 heteroatoms. The highest BCUT2D eigenvalue weighted by Crippen LogP contribution is 2.43. The second kappa shape index (κ2) is 8.54. The van der Waals surface area contributed by atoms with E-state index in [-0.39, 0.29) is 11.3 Å². The van der Waals surface area contributed by atoms with Gasteiger partial charge in [-0.2, -0.15) is 0 Å². The Kier molecular flexibility index (Phi) is 5.77. The predicted molar refractivity (Wildman–Crippen MR) is 127 cm³/mol. The van der Waals surface area contributed by atoms with Crippen LogP contribution in [0.25, 0.3) is 5.76 Å². The first-order chi connectivity index (χ1) is 15.7. The van der Waals surface area contributed by atoms with Gasteiger partial charge in [-0.05, 0) is 80.3 Å². The molecule has 1 fully saturated rings. The maximum atomic E-state index is 13.3. The van der Waals surface area contributed by atoms with Gasteiger partial charge in [0.15, 0.2) is 0 Å². The number of pyridine rings is 1. The van der Waals surface area contributed by atoms with E-state index < -0.39 is 17.7 Å². The number of carbonyl (C=O) groups is 2. The summed E-state index contributed by atoms with van der Waals surface area (Å²) >= 11 is 0. The minimum atomic E-state index is -0.877. The number of aryl methyl sites for hydroxylation is 4. The van der Waals surface area contributed by atoms with Crippen LogP contribution in [0.4, 0.5) is 5.69 Å². The Morgan fingerprint density at radius 2 is 1.64 bits per heavy atom. The molecule has 1 amide bonds. The zero-order valence-corrected chi connectivity index (χ0v) is 19.3. The number of ketones is 1. The van der Waals surface area contributed by atoms with E-state index in [2.05, 4.69) is 4.98 Å². The third kappa shape index (κ3) is 3.89. The molecule has 0 bridgehead atoms. The van der Waals surface area contributed by atoms with E-state index in [0.717, 1.165) is 22.3 Å². The summed E-state index contributed by atoms with van der Waals surface area (Å²) in [4.78, 5) is 32.5. The summed E-state index contributed by atoms with van der Waals surface area (Å²) in [6.07, 6.45) is 1.61. The fourth-order valence-electron chi connectivity index (χ4n) is 4.55. The number of rotatable bonds is 4. The smallest absolute Gasteiger partial charge is 0.300 e. The minimum absolute atomic E-state index is 0.0128. The lowest BCUT2D eigenvalue weighted by Gasteiger charge is -2.25. The first kappa shape index (κ1) is 22.3. The number of aromatic nitrogens is 1. The molecule has 4 rings (SSSR count). The third-order valence-electron chi connectivity index (χ3n) is 5.78. The molecular weight excluding hydrogens is 416 g/mol. The Labute approximate surface area is 193 Å². The van der Waals surface area contributed by atoms with Crippen molar-refractivity contribution in [1.29, 1.82) is 0 Å². The van der Waals surface area contributed by atoms with Crippen molar-refractivity contribution in [3.05, 3.63) is 93.8 Å². The standard InChI is InChI=1S/C27H26N2O4/c1-15-10-16(2)13-19(12-15)29-23(21-8-6-7-9-28-21)22(25(31)27(29)32)24(30)20-14-17(3)11-18(4)26(20)33-5/h6-14,23,30H,1-5H3/b24-22+. The Balaban J connectivity index is 2.02. The fourth-order valence-corrected chi connectivity index (χ4v) is 4.55. The molecule has 1 atom stereocenters. The van der Waals surface area contributed by atoms with E-state index in [1.165, 1.54) is 12.0 Å². The van der Waals surface area contributed by atoms with Crippen molar-refractivity contribution >= 4 is 23.1 Å². The molecule has 33 heavy (non-hydrogen) atoms. The quantitative estimate of drug-likeness (QED) is 0.351. The average Bonchev–Trinajstić information content (AvgIpc) is 3.03. The summed E-state index contributed by atoms with van der Waals surface area (Å²) < 4.78 is 5.54. The first-order valence-corrected chi connectivity index (χ1v) is 10.7. The van der Waals surface area contributed by atoms with E-state index in [4.69, 9.17) is 4.74 Å². The Morgan fingerprint density at radius 3 is 2.24 bits per heavy atom. The van der Waals surface area contributed by atoms with Crippen molar-refractivity contribution in [2.45, 2.75) is 33.7 Å². The number of anilines is 1. The van der Waals surface area contributed by atoms with Crippen LogP contribution in [0, 0.1) is 27.7 Å². The van der Waals surface area contributed by atoms with Gasteiger partial charge in [-0.3, -0.25) is 19.5 Å². The number of hydrogen-bond donors (Lipinski definition) is 1. The van der Waals surface area contributed by atoms with Gasteiger partial charge in [0.2, 0.25) is 0 Å². The topological polar surface area (TPSA) is 79.7 Å². The molecule has 6 nitrogen and oxygen atoms in total. The van der Waals surface area contributed by atoms with Gasteiger partial charge >= 0.3 is 0 Å². The first-order valence-electron chi connectivity index (χ1n) is 10.7. The van der Waals surface area contributed by atoms with Gasteiger partial charge in [-0.25, -0.2) is 0 Å². The number of methoxy groups -OCH3 is 1. The van der Waals surface area contributed by atoms with E-state index in [1.807, 2.05) is 52.0 Å². The minimum Gasteiger partial charge on any atom is -0.507 e. The Bertz CT molecular complexity index is 1270. The monoisotopic (exact) mass is 442 g/mol. The van der Waals surface area contributed by atoms with E-state index in [9.17, 15) is 14.7 Å². The van der Waals surface area contributed by atoms with Gasteiger partial charge in [-0.15, -0.1) is 0 Å². The molecule has 1 aromatic heterocycles. The normalized spacial score (nSPS) is 17.5. The van der Waals surface area contributed by atoms with Crippen molar-refractivity contribution in [3.8, 4) is 5.75 Å². The summed E-state index contributed by atoms with van der Waals surface area (Å²) in [7, 11) is 1.51. The van der Waals surface area contributed by atoms with Crippen molar-refractivity contribution in [3.63, 3.8) is 0 Å². The number of hydrogen-bond acceptors (Lipinski definition) is 5. The van der Waals surface area contributed by atoms with Crippen LogP contribution < -0.4 is 9.64 Å². The zero-order chi connectivity index (χ0) is 23.9. The highest BCUT2D eigenvalue weighted by atomic mass is 16.5. The third-order valence-corrected chi connectivity index (χ3v) is 5.78. The predicted octanol–water partition coefficient (Wildman–Crippen LogP) is 4.95. The maximum absolute atomic E-state index is 13.3. The molecule has 3 aromatic rings. The van der Waals surface area contributed by atoms with Crippen molar-refractivity contribution < 1.29 is 19.4 Å². The van der Waals surface area contributed by atoms with Gasteiger partial charge in [0, 0.05) is 11.9 Å². The van der Waals surface area contributed by atoms with Crippen LogP contribution in [0.2, 0.25) is 0 Å². The van der Waals surface area contributed by atoms with E-state index >= 15 is 0 Å². The van der Waals surface area contributed by atoms with Gasteiger partial charge in [0.05, 0.1) is 23.9 Å². The van der Waals surface area contributed by atoms with E-state index in [0.29, 0.717) is 22.7 Å². The van der Waals surface area contributed by atoms with Gasteiger partial charge in [0.1, 0.15) is 17.6 Å². The second-order valence-electron chi connectivity index (χ2n) is 8.43. The van der Waals surface area contributed by atoms with Crippen molar-refractivity contribution in [1.82, 2.24) is 4.98 Å². The maximum Gasteiger partial charge on any atom is 0.300 e. The van der Waals surface area contributed by atoms with Crippen LogP contribution in [0.1, 0.15) is 39.6 Å². The summed E-state index contributed by atoms with van der Waals surface area (Å²) in [5.41, 5.74) is 5.06. The zero-order valence-electron chi connectivity index (χ0n) is 19.3. The van der Waals surface area contributed by atoms with Crippen molar-refractivity contribution in [2.75, 3.05) is 12.0 Å². The lowest BCUT2D eigenvalue weighted by atomic mass is 9.95. The van der Waals surface area contributed by atoms with Crippen LogP contribution in [0.5, 0.6) is 5.75 Å². The van der Waals surface area contributed by atoms with Gasteiger partial charge in [-0.1, -0.05) is 18.2 Å². The van der Waals surface area contributed by atoms with Crippen LogP contribution >= 0.6 is 0 Å². The lowest BCUT2D eigenvalue weighted by molar-refractivity contribution is -0.132. The van der Waals surface area contributed by atoms with Crippen LogP contribution in [-0.4, -0.2) is 28.9 Å². The molecular formula is C27H26N2O4. The number of nitrogens with zero attached hydrogens (tertiary/aromatic N) is 2. The van der Waals surface area contributed by atoms with Crippen LogP contribution in [0.3, 0.4) is 0 Å². The number of Topliss-reactive ketones (excluding diaryl/α,β-unsaturated/α-hetero) is 1. The lowest BCUT2D eigenvalue weighted by Crippen LogP contribution is -2.30. The molecule has 1 unspecified atom stereocenters. The highest BCUT2D eigenvalue weighted by molar-refractivity contribution is 6.51. The molecule has 1 saturated heterocycles. The van der Waals surface area contributed by atoms with Crippen molar-refractivity contribution in [2.24, 2.45) is 0 Å². The molecule has 168 valence electrons. The molecule has 0 radical (unpaired) electrons. The molecule has 0 spiro atoms. The number of aliphatic hydroxyl groups is 1. The summed E-state index contributed by atoms with van der Waals surface area (Å²) in [6, 6.07) is 13.8. The summed E-state index contributed by atoms with van der Waals surface area (Å²) in [5, 5.41) is 11.4. The Hall–Kier alpha value is -3.93. The van der Waals surface area contributed by atoms with Crippen LogP contribution in [-0.2, 0) is 9.59 Å². The number of ether oxygens (including phenoxy) is 1. The SMILES string of the molecule is COc1c(C)cc(C)cc1/C(O)=C1\C(=O)C(=O)N(c2cc(C)cc(C)c2)C1c1ccccn1. The van der Waals surface area contributed by atoms with Gasteiger partial charge < -0.3 is 9.84 Å². The number of carbonyl (C=O) groups excluding carboxylic acids is 2. The molecule has 0 saturated carbocycles. The number of benzene rings is 2. The number of aliphatic hydroxyl groups excluding tert-OH is 1. The largest absolute Gasteiger partial charge is 0.507 e. The second-order valence-corrected chi connectivity index (χ2v) is 8.43. The average molecular weight is 443 g/mol. The molecule has 1 aliphatic rings. The van der Waals surface area contributed by atoms with Gasteiger partial charge in [0.25, 0.3) is 11.7 Å². The molecule has 1 aliphatic heterocycles. The summed E-state index contributed by atoms with van der Waals surface area (Å²) in [5.74, 6) is -1.29. The highest BCUT2D eigenvalue weighted by Gasteiger charge is 2.48. The fraction of sp³-hybridized carbons (Fsp3) is 0.222. The molecule has 2 heterocycles. The number of amides is 1. The molecule has 0 aliphatic carbocycles. The summed E-state index contributed by atoms with van der Waals surface area (Å²) in [6.45, 7) is 7.63. The molecule has 1 N–H and O–H groups in total. The van der Waals surface area contributed by atoms with Crippen LogP contribution in [0.15, 0.2) is 60.3 Å².